The number of hydrogen-bond acceptors (Lipinski definition) is 3. The molecule has 0 unspecified atom stereocenters. The van der Waals surface area contributed by atoms with Crippen molar-refractivity contribution >= 4 is 5.97 Å². The molecule has 4 nitrogen and oxygen atoms in total. The molecule has 0 fully saturated rings. The van der Waals surface area contributed by atoms with E-state index >= 15 is 0 Å². The molecule has 1 aromatic rings. The molecule has 0 aromatic carbocycles. The van der Waals surface area contributed by atoms with Crippen molar-refractivity contribution in [3.05, 3.63) is 33.7 Å². The molecule has 1 rings (SSSR count). The second kappa shape index (κ2) is 4.38. The number of nitrogens with one attached hydrogen (secondary N) is 1. The van der Waals surface area contributed by atoms with Gasteiger partial charge in [-0.15, -0.1) is 0 Å². The fourth-order valence-corrected chi connectivity index (χ4v) is 1.12. The topological polar surface area (TPSA) is 59.2 Å². The van der Waals surface area contributed by atoms with Gasteiger partial charge in [0.1, 0.15) is 5.56 Å². The standard InChI is InChI=1S/C9H8F3NO3/c1-2-16-8(15)6-5(9(10,11)12)3-4-13-7(6)14/h3-4H,2H2,1H3,(H,13,14). The summed E-state index contributed by atoms with van der Waals surface area (Å²) in [7, 11) is 0. The highest BCUT2D eigenvalue weighted by Gasteiger charge is 2.37. The van der Waals surface area contributed by atoms with Crippen LogP contribution in [-0.4, -0.2) is 17.6 Å². The van der Waals surface area contributed by atoms with Crippen molar-refractivity contribution in [3.63, 3.8) is 0 Å². The largest absolute Gasteiger partial charge is 0.462 e. The zero-order chi connectivity index (χ0) is 12.3. The number of esters is 1. The smallest absolute Gasteiger partial charge is 0.417 e. The monoisotopic (exact) mass is 235 g/mol. The number of pyridine rings is 1. The molecule has 1 heterocycles. The molecule has 0 bridgehead atoms. The summed E-state index contributed by atoms with van der Waals surface area (Å²) in [5, 5.41) is 0. The lowest BCUT2D eigenvalue weighted by atomic mass is 10.1. The van der Waals surface area contributed by atoms with E-state index < -0.39 is 28.8 Å². The number of halogens is 3. The number of alkyl halides is 3. The van der Waals surface area contributed by atoms with Crippen LogP contribution in [-0.2, 0) is 10.9 Å². The minimum absolute atomic E-state index is 0.107. The highest BCUT2D eigenvalue weighted by atomic mass is 19.4. The van der Waals surface area contributed by atoms with Crippen molar-refractivity contribution in [2.24, 2.45) is 0 Å². The molecular formula is C9H8F3NO3. The highest BCUT2D eigenvalue weighted by Crippen LogP contribution is 2.30. The summed E-state index contributed by atoms with van der Waals surface area (Å²) in [6, 6.07) is 0.619. The molecule has 0 spiro atoms. The zero-order valence-corrected chi connectivity index (χ0v) is 8.22. The second-order valence-corrected chi connectivity index (χ2v) is 2.81. The molecule has 88 valence electrons. The van der Waals surface area contributed by atoms with Crippen LogP contribution in [0.2, 0.25) is 0 Å². The number of carbonyl (C=O) groups is 1. The summed E-state index contributed by atoms with van der Waals surface area (Å²) in [4.78, 5) is 24.3. The van der Waals surface area contributed by atoms with Crippen molar-refractivity contribution in [2.45, 2.75) is 13.1 Å². The Morgan fingerprint density at radius 2 is 2.12 bits per heavy atom. The number of carbonyl (C=O) groups excluding carboxylic acids is 1. The van der Waals surface area contributed by atoms with Crippen LogP contribution in [0.5, 0.6) is 0 Å². The number of aromatic amines is 1. The van der Waals surface area contributed by atoms with Crippen LogP contribution in [0, 0.1) is 0 Å². The fourth-order valence-electron chi connectivity index (χ4n) is 1.12. The quantitative estimate of drug-likeness (QED) is 0.791. The Balaban J connectivity index is 3.36. The predicted octanol–water partition coefficient (Wildman–Crippen LogP) is 1.57. The number of H-pyrrole nitrogens is 1. The molecular weight excluding hydrogens is 227 g/mol. The Bertz CT molecular complexity index is 450. The molecule has 7 heteroatoms. The van der Waals surface area contributed by atoms with E-state index in [1.807, 2.05) is 4.98 Å². The van der Waals surface area contributed by atoms with Crippen LogP contribution in [0.3, 0.4) is 0 Å². The Morgan fingerprint density at radius 1 is 1.50 bits per heavy atom. The van der Waals surface area contributed by atoms with E-state index in [0.29, 0.717) is 6.07 Å². The van der Waals surface area contributed by atoms with Gasteiger partial charge in [-0.1, -0.05) is 0 Å². The van der Waals surface area contributed by atoms with Gasteiger partial charge in [0.05, 0.1) is 12.2 Å². The SMILES string of the molecule is CCOC(=O)c1c(C(F)(F)F)cc[nH]c1=O. The van der Waals surface area contributed by atoms with Crippen LogP contribution in [0.25, 0.3) is 0 Å². The minimum atomic E-state index is -4.77. The third kappa shape index (κ3) is 2.41. The van der Waals surface area contributed by atoms with Gasteiger partial charge in [0.15, 0.2) is 0 Å². The molecule has 0 amide bonds. The summed E-state index contributed by atoms with van der Waals surface area (Å²) in [5.74, 6) is -1.28. The van der Waals surface area contributed by atoms with Gasteiger partial charge in [-0.3, -0.25) is 4.79 Å². The third-order valence-electron chi connectivity index (χ3n) is 1.75. The molecule has 16 heavy (non-hydrogen) atoms. The lowest BCUT2D eigenvalue weighted by molar-refractivity contribution is -0.138. The zero-order valence-electron chi connectivity index (χ0n) is 8.22. The molecule has 1 aromatic heterocycles. The van der Waals surface area contributed by atoms with E-state index in [9.17, 15) is 22.8 Å². The maximum Gasteiger partial charge on any atom is 0.417 e. The predicted molar refractivity (Wildman–Crippen MR) is 48.0 cm³/mol. The minimum Gasteiger partial charge on any atom is -0.462 e. The van der Waals surface area contributed by atoms with Gasteiger partial charge < -0.3 is 9.72 Å². The Hall–Kier alpha value is -1.79. The average molecular weight is 235 g/mol. The number of ether oxygens (including phenoxy) is 1. The van der Waals surface area contributed by atoms with E-state index in [1.54, 1.807) is 0 Å². The van der Waals surface area contributed by atoms with Gasteiger partial charge in [0, 0.05) is 6.20 Å². The fraction of sp³-hybridized carbons (Fsp3) is 0.333. The van der Waals surface area contributed by atoms with Crippen molar-refractivity contribution in [1.82, 2.24) is 4.98 Å². The number of hydrogen-bond donors (Lipinski definition) is 1. The van der Waals surface area contributed by atoms with Crippen LogP contribution >= 0.6 is 0 Å². The van der Waals surface area contributed by atoms with Gasteiger partial charge in [-0.25, -0.2) is 4.79 Å². The first-order valence-electron chi connectivity index (χ1n) is 4.34. The maximum atomic E-state index is 12.5. The molecule has 0 saturated carbocycles. The molecule has 0 atom stereocenters. The van der Waals surface area contributed by atoms with Crippen LogP contribution in [0.15, 0.2) is 17.1 Å². The lowest BCUT2D eigenvalue weighted by Crippen LogP contribution is -2.25. The van der Waals surface area contributed by atoms with E-state index in [0.717, 1.165) is 6.20 Å². The number of aromatic nitrogens is 1. The van der Waals surface area contributed by atoms with Crippen LogP contribution in [0.4, 0.5) is 13.2 Å². The first-order valence-corrected chi connectivity index (χ1v) is 4.34. The molecule has 0 aliphatic carbocycles. The Morgan fingerprint density at radius 3 is 2.62 bits per heavy atom. The second-order valence-electron chi connectivity index (χ2n) is 2.81. The van der Waals surface area contributed by atoms with E-state index in [1.165, 1.54) is 6.92 Å². The average Bonchev–Trinajstić information content (AvgIpc) is 2.16. The molecule has 0 aliphatic heterocycles. The van der Waals surface area contributed by atoms with E-state index in [-0.39, 0.29) is 6.61 Å². The van der Waals surface area contributed by atoms with Gasteiger partial charge in [0.25, 0.3) is 5.56 Å². The Kier molecular flexibility index (Phi) is 3.36. The summed E-state index contributed by atoms with van der Waals surface area (Å²) >= 11 is 0. The normalized spacial score (nSPS) is 11.2. The van der Waals surface area contributed by atoms with Gasteiger partial charge in [-0.05, 0) is 13.0 Å². The van der Waals surface area contributed by atoms with Crippen LogP contribution < -0.4 is 5.56 Å². The van der Waals surface area contributed by atoms with Gasteiger partial charge in [-0.2, -0.15) is 13.2 Å². The summed E-state index contributed by atoms with van der Waals surface area (Å²) in [6.07, 6.45) is -3.94. The van der Waals surface area contributed by atoms with Crippen molar-refractivity contribution in [2.75, 3.05) is 6.61 Å². The lowest BCUT2D eigenvalue weighted by Gasteiger charge is -2.10. The van der Waals surface area contributed by atoms with E-state index in [2.05, 4.69) is 4.74 Å². The van der Waals surface area contributed by atoms with Crippen molar-refractivity contribution < 1.29 is 22.7 Å². The maximum absolute atomic E-state index is 12.5. The van der Waals surface area contributed by atoms with Crippen LogP contribution in [0.1, 0.15) is 22.8 Å². The summed E-state index contributed by atoms with van der Waals surface area (Å²) < 4.78 is 41.8. The van der Waals surface area contributed by atoms with E-state index in [4.69, 9.17) is 0 Å². The van der Waals surface area contributed by atoms with Gasteiger partial charge in [0.2, 0.25) is 0 Å². The van der Waals surface area contributed by atoms with Crippen molar-refractivity contribution in [1.29, 1.82) is 0 Å². The summed E-state index contributed by atoms with van der Waals surface area (Å²) in [6.45, 7) is 1.33. The molecule has 1 N–H and O–H groups in total. The third-order valence-corrected chi connectivity index (χ3v) is 1.75. The van der Waals surface area contributed by atoms with Gasteiger partial charge >= 0.3 is 12.1 Å². The molecule has 0 radical (unpaired) electrons. The molecule has 0 saturated heterocycles. The highest BCUT2D eigenvalue weighted by molar-refractivity contribution is 5.90. The van der Waals surface area contributed by atoms with Crippen molar-refractivity contribution in [3.8, 4) is 0 Å². The molecule has 0 aliphatic rings. The summed E-state index contributed by atoms with van der Waals surface area (Å²) in [5.41, 5.74) is -3.43. The first kappa shape index (κ1) is 12.3. The first-order chi connectivity index (χ1) is 7.38. The Labute approximate surface area is 88.0 Å². The number of rotatable bonds is 2.